The van der Waals surface area contributed by atoms with Crippen LogP contribution in [-0.2, 0) is 11.3 Å². The summed E-state index contributed by atoms with van der Waals surface area (Å²) in [7, 11) is 3.04. The van der Waals surface area contributed by atoms with Crippen molar-refractivity contribution >= 4 is 35.1 Å². The summed E-state index contributed by atoms with van der Waals surface area (Å²) >= 11 is 0. The van der Waals surface area contributed by atoms with E-state index in [4.69, 9.17) is 9.47 Å². The van der Waals surface area contributed by atoms with Gasteiger partial charge in [-0.2, -0.15) is 10.2 Å². The smallest absolute Gasteiger partial charge is 0.271 e. The van der Waals surface area contributed by atoms with Crippen molar-refractivity contribution in [1.29, 1.82) is 0 Å². The predicted octanol–water partition coefficient (Wildman–Crippen LogP) is 3.76. The van der Waals surface area contributed by atoms with Crippen molar-refractivity contribution in [3.05, 3.63) is 83.6 Å². The highest BCUT2D eigenvalue weighted by Gasteiger charge is 2.09. The summed E-state index contributed by atoms with van der Waals surface area (Å²) in [6, 6.07) is 16.6. The number of carbonyl (C=O) groups is 2. The molecule has 0 aliphatic rings. The van der Waals surface area contributed by atoms with Crippen molar-refractivity contribution in [2.45, 2.75) is 19.4 Å². The molecule has 0 radical (unpaired) electrons. The van der Waals surface area contributed by atoms with E-state index in [0.717, 1.165) is 10.9 Å². The van der Waals surface area contributed by atoms with Crippen LogP contribution >= 0.6 is 0 Å². The molecule has 0 unspecified atom stereocenters. The lowest BCUT2D eigenvalue weighted by atomic mass is 10.1. The maximum Gasteiger partial charge on any atom is 0.271 e. The second-order valence-electron chi connectivity index (χ2n) is 8.73. The Morgan fingerprint density at radius 2 is 1.48 bits per heavy atom. The van der Waals surface area contributed by atoms with Crippen LogP contribution in [0.15, 0.2) is 77.1 Å². The van der Waals surface area contributed by atoms with Gasteiger partial charge in [-0.3, -0.25) is 9.59 Å². The van der Waals surface area contributed by atoms with Gasteiger partial charge in [0.05, 0.1) is 26.6 Å². The molecule has 2 amide bonds. The fraction of sp³-hybridized carbons (Fsp3) is 0.172. The van der Waals surface area contributed by atoms with Gasteiger partial charge in [-0.1, -0.05) is 0 Å². The second-order valence-corrected chi connectivity index (χ2v) is 8.73. The minimum atomic E-state index is -0.396. The van der Waals surface area contributed by atoms with Crippen LogP contribution in [-0.4, -0.2) is 53.2 Å². The highest BCUT2D eigenvalue weighted by molar-refractivity contribution is 5.98. The molecule has 0 atom stereocenters. The van der Waals surface area contributed by atoms with Gasteiger partial charge >= 0.3 is 0 Å². The average Bonchev–Trinajstić information content (AvgIpc) is 3.37. The van der Waals surface area contributed by atoms with Gasteiger partial charge < -0.3 is 24.3 Å². The predicted molar refractivity (Wildman–Crippen MR) is 151 cm³/mol. The number of hydrazone groups is 2. The van der Waals surface area contributed by atoms with Crippen LogP contribution < -0.4 is 20.3 Å². The summed E-state index contributed by atoms with van der Waals surface area (Å²) in [6.07, 6.45) is 5.43. The zero-order chi connectivity index (χ0) is 28.5. The standard InChI is InChI=1S/C29H29N5O6/c1-39-23-6-9-26(35)21(15-23)17-30-32-28(37)4-3-12-34-13-11-19-14-20(5-8-25(19)34)29(38)33-31-18-22-16-24(40-2)7-10-27(22)36/h5-11,13-18,35-36H,3-4,12H2,1-2H3,(H,32,37)(H,33,38)/b30-17+,31-18+. The lowest BCUT2D eigenvalue weighted by molar-refractivity contribution is -0.121. The number of phenols is 2. The van der Waals surface area contributed by atoms with E-state index in [1.165, 1.54) is 38.8 Å². The Labute approximate surface area is 230 Å². The number of nitrogens with zero attached hydrogens (tertiary/aromatic N) is 3. The highest BCUT2D eigenvalue weighted by Crippen LogP contribution is 2.22. The normalized spacial score (nSPS) is 11.2. The number of fused-ring (bicyclic) bond motifs is 1. The number of benzene rings is 3. The maximum absolute atomic E-state index is 12.6. The molecule has 0 saturated heterocycles. The van der Waals surface area contributed by atoms with Crippen molar-refractivity contribution in [3.63, 3.8) is 0 Å². The second kappa shape index (κ2) is 13.0. The monoisotopic (exact) mass is 543 g/mol. The maximum atomic E-state index is 12.6. The Morgan fingerprint density at radius 1 is 0.850 bits per heavy atom. The van der Waals surface area contributed by atoms with Crippen LogP contribution in [0.4, 0.5) is 0 Å². The zero-order valence-electron chi connectivity index (χ0n) is 22.0. The Hall–Kier alpha value is -5.32. The number of carbonyl (C=O) groups excluding carboxylic acids is 2. The summed E-state index contributed by atoms with van der Waals surface area (Å²) in [5, 5.41) is 28.5. The number of methoxy groups -OCH3 is 2. The van der Waals surface area contributed by atoms with Crippen LogP contribution in [0.1, 0.15) is 34.3 Å². The molecule has 1 aromatic heterocycles. The SMILES string of the molecule is COc1ccc(O)c(/C=N/NC(=O)CCCn2ccc3cc(C(=O)N/N=C/c4cc(OC)ccc4O)ccc32)c1. The van der Waals surface area contributed by atoms with E-state index in [1.54, 1.807) is 36.4 Å². The van der Waals surface area contributed by atoms with Crippen LogP contribution in [0.25, 0.3) is 10.9 Å². The number of nitrogens with one attached hydrogen (secondary N) is 2. The summed E-state index contributed by atoms with van der Waals surface area (Å²) < 4.78 is 12.3. The molecule has 4 aromatic rings. The Balaban J connectivity index is 1.28. The molecule has 11 heteroatoms. The van der Waals surface area contributed by atoms with Gasteiger partial charge in [-0.25, -0.2) is 10.9 Å². The van der Waals surface area contributed by atoms with Gasteiger partial charge in [0.15, 0.2) is 0 Å². The number of ether oxygens (including phenoxy) is 2. The first-order valence-corrected chi connectivity index (χ1v) is 12.4. The molecule has 11 nitrogen and oxygen atoms in total. The van der Waals surface area contributed by atoms with Crippen LogP contribution in [0.5, 0.6) is 23.0 Å². The average molecular weight is 544 g/mol. The van der Waals surface area contributed by atoms with Gasteiger partial charge in [-0.15, -0.1) is 0 Å². The molecule has 3 aromatic carbocycles. The van der Waals surface area contributed by atoms with Crippen molar-refractivity contribution < 1.29 is 29.3 Å². The first kappa shape index (κ1) is 27.7. The molecule has 0 fully saturated rings. The molecule has 0 bridgehead atoms. The quantitative estimate of drug-likeness (QED) is 0.167. The van der Waals surface area contributed by atoms with Crippen LogP contribution in [0, 0.1) is 0 Å². The van der Waals surface area contributed by atoms with Crippen molar-refractivity contribution in [1.82, 2.24) is 15.4 Å². The number of aromatic nitrogens is 1. The molecule has 1 heterocycles. The largest absolute Gasteiger partial charge is 0.507 e. The third-order valence-electron chi connectivity index (χ3n) is 6.07. The molecule has 0 aliphatic heterocycles. The first-order valence-electron chi connectivity index (χ1n) is 12.4. The molecular formula is C29H29N5O6. The first-order chi connectivity index (χ1) is 19.4. The number of phenolic OH excluding ortho intramolecular Hbond substituents is 2. The third kappa shape index (κ3) is 6.95. The molecule has 4 rings (SSSR count). The van der Waals surface area contributed by atoms with Gasteiger partial charge in [-0.05, 0) is 67.1 Å². The van der Waals surface area contributed by atoms with E-state index in [2.05, 4.69) is 21.1 Å². The number of amides is 2. The van der Waals surface area contributed by atoms with E-state index >= 15 is 0 Å². The molecule has 40 heavy (non-hydrogen) atoms. The van der Waals surface area contributed by atoms with E-state index in [9.17, 15) is 19.8 Å². The summed E-state index contributed by atoms with van der Waals surface area (Å²) in [5.74, 6) is 0.515. The van der Waals surface area contributed by atoms with Gasteiger partial charge in [0.25, 0.3) is 5.91 Å². The molecule has 206 valence electrons. The van der Waals surface area contributed by atoms with E-state index in [1.807, 2.05) is 22.9 Å². The minimum absolute atomic E-state index is 0.0142. The number of rotatable bonds is 11. The van der Waals surface area contributed by atoms with Gasteiger partial charge in [0, 0.05) is 46.8 Å². The molecule has 0 spiro atoms. The van der Waals surface area contributed by atoms with Crippen LogP contribution in [0.3, 0.4) is 0 Å². The Kier molecular flexibility index (Phi) is 8.98. The molecule has 0 aliphatic carbocycles. The van der Waals surface area contributed by atoms with E-state index in [0.29, 0.717) is 41.2 Å². The number of aryl methyl sites for hydroxylation is 1. The minimum Gasteiger partial charge on any atom is -0.507 e. The molecule has 0 saturated carbocycles. The fourth-order valence-corrected chi connectivity index (χ4v) is 3.93. The topological polar surface area (TPSA) is 147 Å². The van der Waals surface area contributed by atoms with Crippen molar-refractivity contribution in [3.8, 4) is 23.0 Å². The summed E-state index contributed by atoms with van der Waals surface area (Å²) in [6.45, 7) is 0.594. The number of aromatic hydroxyl groups is 2. The molecular weight excluding hydrogens is 514 g/mol. The zero-order valence-corrected chi connectivity index (χ0v) is 22.0. The van der Waals surface area contributed by atoms with Gasteiger partial charge in [0.2, 0.25) is 5.91 Å². The molecule has 4 N–H and O–H groups in total. The number of hydrogen-bond acceptors (Lipinski definition) is 8. The lowest BCUT2D eigenvalue weighted by Gasteiger charge is -2.06. The Bertz CT molecular complexity index is 1580. The Morgan fingerprint density at radius 3 is 2.10 bits per heavy atom. The highest BCUT2D eigenvalue weighted by atomic mass is 16.5. The van der Waals surface area contributed by atoms with Crippen LogP contribution in [0.2, 0.25) is 0 Å². The number of hydrogen-bond donors (Lipinski definition) is 4. The fourth-order valence-electron chi connectivity index (χ4n) is 3.93. The lowest BCUT2D eigenvalue weighted by Crippen LogP contribution is -2.18. The van der Waals surface area contributed by atoms with E-state index < -0.39 is 5.91 Å². The summed E-state index contributed by atoms with van der Waals surface area (Å²) in [4.78, 5) is 24.8. The van der Waals surface area contributed by atoms with E-state index in [-0.39, 0.29) is 23.8 Å². The van der Waals surface area contributed by atoms with Crippen molar-refractivity contribution in [2.75, 3.05) is 14.2 Å². The summed E-state index contributed by atoms with van der Waals surface area (Å²) in [5.41, 5.74) is 7.11. The third-order valence-corrected chi connectivity index (χ3v) is 6.07. The van der Waals surface area contributed by atoms with Gasteiger partial charge in [0.1, 0.15) is 23.0 Å². The van der Waals surface area contributed by atoms with Crippen molar-refractivity contribution in [2.24, 2.45) is 10.2 Å².